The number of nitrogens with zero attached hydrogens (tertiary/aromatic N) is 1. The quantitative estimate of drug-likeness (QED) is 0.615. The molecule has 0 unspecified atom stereocenters. The first-order valence-electron chi connectivity index (χ1n) is 6.03. The van der Waals surface area contributed by atoms with Crippen LogP contribution in [0, 0.1) is 0 Å². The lowest BCUT2D eigenvalue weighted by molar-refractivity contribution is 0.158. The third-order valence-corrected chi connectivity index (χ3v) is 3.42. The molecule has 0 atom stereocenters. The van der Waals surface area contributed by atoms with Crippen LogP contribution in [0.4, 0.5) is 0 Å². The Morgan fingerprint density at radius 1 is 1.44 bits per heavy atom. The first-order valence-corrected chi connectivity index (χ1v) is 6.84. The van der Waals surface area contributed by atoms with Gasteiger partial charge in [0.05, 0.1) is 23.4 Å². The molecule has 0 aliphatic heterocycles. The number of thiazole rings is 1. The molecule has 4 heteroatoms. The smallest absolute Gasteiger partial charge is 0.108 e. The number of hydrogen-bond acceptors (Lipinski definition) is 4. The van der Waals surface area contributed by atoms with Crippen LogP contribution >= 0.6 is 11.3 Å². The van der Waals surface area contributed by atoms with E-state index in [1.165, 1.54) is 4.70 Å². The van der Waals surface area contributed by atoms with E-state index in [2.05, 4.69) is 22.9 Å². The van der Waals surface area contributed by atoms with E-state index in [-0.39, 0.29) is 0 Å². The van der Waals surface area contributed by atoms with Crippen molar-refractivity contribution in [3.8, 4) is 0 Å². The van der Waals surface area contributed by atoms with Gasteiger partial charge in [0.15, 0.2) is 0 Å². The zero-order valence-electron chi connectivity index (χ0n) is 10.6. The number of rotatable bonds is 7. The number of para-hydroxylation sites is 1. The summed E-state index contributed by atoms with van der Waals surface area (Å²) in [6.07, 6.45) is 0. The van der Waals surface area contributed by atoms with E-state index in [0.29, 0.717) is 13.2 Å². The fourth-order valence-electron chi connectivity index (χ4n) is 1.58. The highest BCUT2D eigenvalue weighted by Crippen LogP contribution is 2.20. The average Bonchev–Trinajstić information content (AvgIpc) is 2.75. The van der Waals surface area contributed by atoms with Crippen molar-refractivity contribution in [2.75, 3.05) is 19.8 Å². The molecule has 0 aliphatic carbocycles. The van der Waals surface area contributed by atoms with E-state index < -0.39 is 0 Å². The number of nitrogens with one attached hydrogen (secondary N) is 1. The van der Waals surface area contributed by atoms with Crippen LogP contribution in [0.15, 0.2) is 36.4 Å². The van der Waals surface area contributed by atoms with Crippen LogP contribution < -0.4 is 5.32 Å². The second kappa shape index (κ2) is 6.64. The largest absolute Gasteiger partial charge is 0.376 e. The van der Waals surface area contributed by atoms with Gasteiger partial charge in [-0.1, -0.05) is 24.3 Å². The lowest BCUT2D eigenvalue weighted by Crippen LogP contribution is -2.19. The highest BCUT2D eigenvalue weighted by atomic mass is 32.1. The highest BCUT2D eigenvalue weighted by molar-refractivity contribution is 7.18. The summed E-state index contributed by atoms with van der Waals surface area (Å²) in [5, 5.41) is 4.45. The van der Waals surface area contributed by atoms with Gasteiger partial charge in [0.2, 0.25) is 0 Å². The van der Waals surface area contributed by atoms with Crippen LogP contribution in [0.2, 0.25) is 0 Å². The number of benzene rings is 1. The summed E-state index contributed by atoms with van der Waals surface area (Å²) in [5.41, 5.74) is 2.14. The van der Waals surface area contributed by atoms with Crippen molar-refractivity contribution in [2.24, 2.45) is 0 Å². The lowest BCUT2D eigenvalue weighted by atomic mass is 10.3. The summed E-state index contributed by atoms with van der Waals surface area (Å²) in [4.78, 5) is 4.56. The minimum atomic E-state index is 0.642. The Labute approximate surface area is 112 Å². The van der Waals surface area contributed by atoms with Gasteiger partial charge in [-0.3, -0.25) is 0 Å². The molecule has 96 valence electrons. The van der Waals surface area contributed by atoms with Crippen LogP contribution in [0.25, 0.3) is 10.2 Å². The summed E-state index contributed by atoms with van der Waals surface area (Å²) in [6, 6.07) is 8.21. The third kappa shape index (κ3) is 3.91. The van der Waals surface area contributed by atoms with Gasteiger partial charge in [0.25, 0.3) is 0 Å². The van der Waals surface area contributed by atoms with E-state index in [1.807, 2.05) is 25.1 Å². The van der Waals surface area contributed by atoms with Gasteiger partial charge in [-0.25, -0.2) is 4.98 Å². The minimum Gasteiger partial charge on any atom is -0.376 e. The number of aromatic nitrogens is 1. The Balaban J connectivity index is 1.72. The Kier molecular flexibility index (Phi) is 4.87. The molecule has 0 bridgehead atoms. The average molecular weight is 262 g/mol. The maximum absolute atomic E-state index is 5.41. The second-order valence-corrected chi connectivity index (χ2v) is 5.38. The molecule has 0 aliphatic rings. The minimum absolute atomic E-state index is 0.642. The molecular weight excluding hydrogens is 244 g/mol. The van der Waals surface area contributed by atoms with E-state index in [4.69, 9.17) is 4.74 Å². The third-order valence-electron chi connectivity index (χ3n) is 2.39. The van der Waals surface area contributed by atoms with Crippen molar-refractivity contribution in [3.05, 3.63) is 41.4 Å². The molecule has 3 nitrogen and oxygen atoms in total. The first-order chi connectivity index (χ1) is 8.75. The summed E-state index contributed by atoms with van der Waals surface area (Å²) >= 11 is 1.74. The SMILES string of the molecule is C=C(C)COCCNCc1nc2ccccc2s1. The standard InChI is InChI=1S/C14H18N2OS/c1-11(2)10-17-8-7-15-9-14-16-12-5-3-4-6-13(12)18-14/h3-6,15H,1,7-10H2,2H3. The van der Waals surface area contributed by atoms with Gasteiger partial charge in [-0.15, -0.1) is 11.3 Å². The van der Waals surface area contributed by atoms with Crippen LogP contribution in [-0.4, -0.2) is 24.7 Å². The molecule has 18 heavy (non-hydrogen) atoms. The molecule has 0 saturated heterocycles. The molecule has 2 rings (SSSR count). The highest BCUT2D eigenvalue weighted by Gasteiger charge is 2.01. The number of ether oxygens (including phenoxy) is 1. The van der Waals surface area contributed by atoms with Crippen molar-refractivity contribution in [2.45, 2.75) is 13.5 Å². The van der Waals surface area contributed by atoms with Crippen molar-refractivity contribution in [1.82, 2.24) is 10.3 Å². The second-order valence-electron chi connectivity index (χ2n) is 4.26. The van der Waals surface area contributed by atoms with E-state index in [0.717, 1.165) is 29.2 Å². The van der Waals surface area contributed by atoms with Gasteiger partial charge in [-0.2, -0.15) is 0 Å². The summed E-state index contributed by atoms with van der Waals surface area (Å²) in [6.45, 7) is 8.74. The molecule has 1 aromatic heterocycles. The molecule has 0 saturated carbocycles. The monoisotopic (exact) mass is 262 g/mol. The Morgan fingerprint density at radius 2 is 2.28 bits per heavy atom. The molecule has 0 radical (unpaired) electrons. The van der Waals surface area contributed by atoms with Crippen LogP contribution in [0.1, 0.15) is 11.9 Å². The fourth-order valence-corrected chi connectivity index (χ4v) is 2.52. The van der Waals surface area contributed by atoms with Gasteiger partial charge in [-0.05, 0) is 19.1 Å². The van der Waals surface area contributed by atoms with Crippen LogP contribution in [0.3, 0.4) is 0 Å². The topological polar surface area (TPSA) is 34.1 Å². The molecule has 0 spiro atoms. The van der Waals surface area contributed by atoms with Crippen molar-refractivity contribution in [1.29, 1.82) is 0 Å². The lowest BCUT2D eigenvalue weighted by Gasteiger charge is -2.04. The molecule has 1 N–H and O–H groups in total. The zero-order chi connectivity index (χ0) is 12.8. The molecule has 0 fully saturated rings. The molecular formula is C14H18N2OS. The summed E-state index contributed by atoms with van der Waals surface area (Å²) < 4.78 is 6.66. The van der Waals surface area contributed by atoms with E-state index in [1.54, 1.807) is 11.3 Å². The number of hydrogen-bond donors (Lipinski definition) is 1. The maximum Gasteiger partial charge on any atom is 0.108 e. The van der Waals surface area contributed by atoms with E-state index in [9.17, 15) is 0 Å². The molecule has 1 aromatic carbocycles. The van der Waals surface area contributed by atoms with Gasteiger partial charge >= 0.3 is 0 Å². The molecule has 2 aromatic rings. The Bertz CT molecular complexity index is 488. The Morgan fingerprint density at radius 3 is 3.06 bits per heavy atom. The summed E-state index contributed by atoms with van der Waals surface area (Å²) in [5.74, 6) is 0. The normalized spacial score (nSPS) is 10.9. The van der Waals surface area contributed by atoms with E-state index >= 15 is 0 Å². The van der Waals surface area contributed by atoms with Crippen molar-refractivity contribution in [3.63, 3.8) is 0 Å². The first kappa shape index (κ1) is 13.2. The van der Waals surface area contributed by atoms with Crippen LogP contribution in [0.5, 0.6) is 0 Å². The van der Waals surface area contributed by atoms with Gasteiger partial charge in [0.1, 0.15) is 5.01 Å². The number of fused-ring (bicyclic) bond motifs is 1. The van der Waals surface area contributed by atoms with Crippen molar-refractivity contribution >= 4 is 21.6 Å². The zero-order valence-corrected chi connectivity index (χ0v) is 11.4. The Hall–Kier alpha value is -1.23. The summed E-state index contributed by atoms with van der Waals surface area (Å²) in [7, 11) is 0. The molecule has 0 amide bonds. The fraction of sp³-hybridized carbons (Fsp3) is 0.357. The maximum atomic E-state index is 5.41. The predicted molar refractivity (Wildman–Crippen MR) is 77.0 cm³/mol. The van der Waals surface area contributed by atoms with Gasteiger partial charge in [0, 0.05) is 13.1 Å². The molecule has 1 heterocycles. The van der Waals surface area contributed by atoms with Gasteiger partial charge < -0.3 is 10.1 Å². The predicted octanol–water partition coefficient (Wildman–Crippen LogP) is 2.98. The van der Waals surface area contributed by atoms with Crippen LogP contribution in [-0.2, 0) is 11.3 Å². The van der Waals surface area contributed by atoms with Crippen molar-refractivity contribution < 1.29 is 4.74 Å².